The number of rotatable bonds is 2. The zero-order chi connectivity index (χ0) is 12.5. The summed E-state index contributed by atoms with van der Waals surface area (Å²) in [6.07, 6.45) is 0.711. The average molecular weight is 269 g/mol. The molecule has 1 unspecified atom stereocenters. The molecule has 1 aromatic carbocycles. The maximum atomic E-state index is 13.5. The molecular weight excluding hydrogens is 256 g/mol. The number of halogens is 2. The van der Waals surface area contributed by atoms with Crippen LogP contribution < -0.4 is 5.32 Å². The van der Waals surface area contributed by atoms with E-state index in [0.29, 0.717) is 23.8 Å². The van der Waals surface area contributed by atoms with Gasteiger partial charge in [0.2, 0.25) is 0 Å². The van der Waals surface area contributed by atoms with Gasteiger partial charge in [-0.3, -0.25) is 0 Å². The molecule has 0 amide bonds. The van der Waals surface area contributed by atoms with Gasteiger partial charge < -0.3 is 10.3 Å². The van der Waals surface area contributed by atoms with Gasteiger partial charge in [-0.1, -0.05) is 0 Å². The number of hydrogen-bond acceptors (Lipinski definition) is 3. The SMILES string of the molecule is Fc1cc(F)c2nc(CC3CSCCN3)[nH]c2c1. The minimum absolute atomic E-state index is 0.217. The second kappa shape index (κ2) is 4.85. The minimum atomic E-state index is -0.613. The maximum absolute atomic E-state index is 13.5. The molecule has 2 aromatic rings. The Hall–Kier alpha value is -1.14. The van der Waals surface area contributed by atoms with Gasteiger partial charge in [0.25, 0.3) is 0 Å². The summed E-state index contributed by atoms with van der Waals surface area (Å²) in [6, 6.07) is 2.48. The summed E-state index contributed by atoms with van der Waals surface area (Å²) in [5.74, 6) is 1.65. The van der Waals surface area contributed by atoms with Crippen LogP contribution in [0.5, 0.6) is 0 Å². The predicted molar refractivity (Wildman–Crippen MR) is 68.8 cm³/mol. The second-order valence-corrected chi connectivity index (χ2v) is 5.55. The van der Waals surface area contributed by atoms with Gasteiger partial charge in [0.15, 0.2) is 5.82 Å². The van der Waals surface area contributed by atoms with E-state index in [2.05, 4.69) is 15.3 Å². The van der Waals surface area contributed by atoms with E-state index in [1.165, 1.54) is 6.07 Å². The van der Waals surface area contributed by atoms with Crippen molar-refractivity contribution in [1.82, 2.24) is 15.3 Å². The molecule has 18 heavy (non-hydrogen) atoms. The van der Waals surface area contributed by atoms with E-state index in [-0.39, 0.29) is 5.52 Å². The molecule has 3 rings (SSSR count). The standard InChI is InChI=1S/C12H13F2N3S/c13-7-3-9(14)12-10(4-7)16-11(17-12)5-8-6-18-2-1-15-8/h3-4,8,15H,1-2,5-6H2,(H,16,17). The third kappa shape index (κ3) is 2.35. The molecular formula is C12H13F2N3S. The van der Waals surface area contributed by atoms with Crippen LogP contribution in [-0.2, 0) is 6.42 Å². The minimum Gasteiger partial charge on any atom is -0.342 e. The summed E-state index contributed by atoms with van der Waals surface area (Å²) < 4.78 is 26.6. The lowest BCUT2D eigenvalue weighted by molar-refractivity contribution is 0.553. The van der Waals surface area contributed by atoms with Crippen LogP contribution in [0, 0.1) is 11.6 Å². The van der Waals surface area contributed by atoms with Crippen LogP contribution in [0.25, 0.3) is 11.0 Å². The van der Waals surface area contributed by atoms with Crippen LogP contribution in [0.2, 0.25) is 0 Å². The number of imidazole rings is 1. The smallest absolute Gasteiger partial charge is 0.153 e. The highest BCUT2D eigenvalue weighted by atomic mass is 32.2. The molecule has 2 heterocycles. The second-order valence-electron chi connectivity index (χ2n) is 4.40. The highest BCUT2D eigenvalue weighted by Crippen LogP contribution is 2.19. The summed E-state index contributed by atoms with van der Waals surface area (Å²) in [5.41, 5.74) is 0.640. The molecule has 3 nitrogen and oxygen atoms in total. The van der Waals surface area contributed by atoms with E-state index in [1.54, 1.807) is 0 Å². The Bertz CT molecular complexity index is 564. The van der Waals surface area contributed by atoms with Crippen LogP contribution in [0.15, 0.2) is 12.1 Å². The van der Waals surface area contributed by atoms with Crippen molar-refractivity contribution >= 4 is 22.8 Å². The van der Waals surface area contributed by atoms with E-state index in [9.17, 15) is 8.78 Å². The van der Waals surface area contributed by atoms with Crippen LogP contribution in [0.1, 0.15) is 5.82 Å². The van der Waals surface area contributed by atoms with Crippen LogP contribution in [0.4, 0.5) is 8.78 Å². The van der Waals surface area contributed by atoms with Crippen LogP contribution in [-0.4, -0.2) is 34.1 Å². The number of nitrogens with zero attached hydrogens (tertiary/aromatic N) is 1. The van der Waals surface area contributed by atoms with Gasteiger partial charge in [-0.15, -0.1) is 0 Å². The molecule has 0 bridgehead atoms. The third-order valence-corrected chi connectivity index (χ3v) is 4.12. The van der Waals surface area contributed by atoms with Gasteiger partial charge in [-0.25, -0.2) is 13.8 Å². The van der Waals surface area contributed by atoms with Gasteiger partial charge in [-0.05, 0) is 6.07 Å². The number of aromatic amines is 1. The van der Waals surface area contributed by atoms with Crippen molar-refractivity contribution in [3.63, 3.8) is 0 Å². The highest BCUT2D eigenvalue weighted by Gasteiger charge is 2.16. The van der Waals surface area contributed by atoms with E-state index < -0.39 is 11.6 Å². The summed E-state index contributed by atoms with van der Waals surface area (Å²) in [6.45, 7) is 0.985. The van der Waals surface area contributed by atoms with E-state index in [0.717, 1.165) is 24.1 Å². The van der Waals surface area contributed by atoms with Gasteiger partial charge in [0.05, 0.1) is 5.52 Å². The molecule has 0 saturated carbocycles. The highest BCUT2D eigenvalue weighted by molar-refractivity contribution is 7.99. The maximum Gasteiger partial charge on any atom is 0.153 e. The number of thioether (sulfide) groups is 1. The first-order valence-electron chi connectivity index (χ1n) is 5.87. The summed E-state index contributed by atoms with van der Waals surface area (Å²) >= 11 is 1.90. The Labute approximate surface area is 107 Å². The molecule has 0 aliphatic carbocycles. The Morgan fingerprint density at radius 1 is 1.39 bits per heavy atom. The molecule has 96 valence electrons. The van der Waals surface area contributed by atoms with Crippen molar-refractivity contribution in [1.29, 1.82) is 0 Å². The third-order valence-electron chi connectivity index (χ3n) is 2.99. The molecule has 1 aliphatic heterocycles. The van der Waals surface area contributed by atoms with Crippen molar-refractivity contribution in [2.24, 2.45) is 0 Å². The zero-order valence-electron chi connectivity index (χ0n) is 9.67. The molecule has 1 saturated heterocycles. The number of aromatic nitrogens is 2. The molecule has 1 fully saturated rings. The van der Waals surface area contributed by atoms with Gasteiger partial charge in [0.1, 0.15) is 17.2 Å². The Balaban J connectivity index is 1.86. The fourth-order valence-electron chi connectivity index (χ4n) is 2.17. The normalized spacial score (nSPS) is 20.4. The molecule has 0 spiro atoms. The van der Waals surface area contributed by atoms with Gasteiger partial charge in [0, 0.05) is 36.6 Å². The fourth-order valence-corrected chi connectivity index (χ4v) is 3.12. The van der Waals surface area contributed by atoms with Gasteiger partial charge in [-0.2, -0.15) is 11.8 Å². The monoisotopic (exact) mass is 269 g/mol. The number of fused-ring (bicyclic) bond motifs is 1. The van der Waals surface area contributed by atoms with Crippen molar-refractivity contribution in [2.45, 2.75) is 12.5 Å². The van der Waals surface area contributed by atoms with Crippen molar-refractivity contribution in [3.8, 4) is 0 Å². The van der Waals surface area contributed by atoms with E-state index in [1.807, 2.05) is 11.8 Å². The molecule has 6 heteroatoms. The number of H-pyrrole nitrogens is 1. The average Bonchev–Trinajstić information content (AvgIpc) is 2.73. The first-order chi connectivity index (χ1) is 8.72. The summed E-state index contributed by atoms with van der Waals surface area (Å²) in [7, 11) is 0. The quantitative estimate of drug-likeness (QED) is 0.877. The molecule has 1 aromatic heterocycles. The lowest BCUT2D eigenvalue weighted by Gasteiger charge is -2.21. The topological polar surface area (TPSA) is 40.7 Å². The summed E-state index contributed by atoms with van der Waals surface area (Å²) in [5, 5.41) is 3.39. The van der Waals surface area contributed by atoms with E-state index >= 15 is 0 Å². The molecule has 0 radical (unpaired) electrons. The first kappa shape index (κ1) is 11.9. The van der Waals surface area contributed by atoms with Crippen LogP contribution in [0.3, 0.4) is 0 Å². The molecule has 2 N–H and O–H groups in total. The number of nitrogens with one attached hydrogen (secondary N) is 2. The fraction of sp³-hybridized carbons (Fsp3) is 0.417. The molecule has 1 aliphatic rings. The Morgan fingerprint density at radius 3 is 3.06 bits per heavy atom. The zero-order valence-corrected chi connectivity index (χ0v) is 10.5. The number of hydrogen-bond donors (Lipinski definition) is 2. The number of benzene rings is 1. The predicted octanol–water partition coefficient (Wildman–Crippen LogP) is 2.09. The van der Waals surface area contributed by atoms with Crippen molar-refractivity contribution in [3.05, 3.63) is 29.6 Å². The lowest BCUT2D eigenvalue weighted by atomic mass is 10.2. The van der Waals surface area contributed by atoms with Crippen LogP contribution >= 0.6 is 11.8 Å². The summed E-state index contributed by atoms with van der Waals surface area (Å²) in [4.78, 5) is 7.19. The lowest BCUT2D eigenvalue weighted by Crippen LogP contribution is -2.39. The van der Waals surface area contributed by atoms with Crippen molar-refractivity contribution in [2.75, 3.05) is 18.1 Å². The van der Waals surface area contributed by atoms with Crippen molar-refractivity contribution < 1.29 is 8.78 Å². The Morgan fingerprint density at radius 2 is 2.28 bits per heavy atom. The van der Waals surface area contributed by atoms with Gasteiger partial charge >= 0.3 is 0 Å². The Kier molecular flexibility index (Phi) is 3.22. The first-order valence-corrected chi connectivity index (χ1v) is 7.02. The van der Waals surface area contributed by atoms with E-state index in [4.69, 9.17) is 0 Å². The molecule has 1 atom stereocenters. The largest absolute Gasteiger partial charge is 0.342 e.